The number of aromatic nitrogens is 1. The molecule has 4 N–H and O–H groups in total. The first-order valence-electron chi connectivity index (χ1n) is 18.9. The van der Waals surface area contributed by atoms with Crippen LogP contribution in [-0.2, 0) is 23.0 Å². The molecule has 5 aliphatic rings. The van der Waals surface area contributed by atoms with E-state index in [0.717, 1.165) is 85.0 Å². The van der Waals surface area contributed by atoms with Crippen molar-refractivity contribution < 1.29 is 24.5 Å². The van der Waals surface area contributed by atoms with Crippen molar-refractivity contribution in [2.75, 3.05) is 31.5 Å². The van der Waals surface area contributed by atoms with Crippen molar-refractivity contribution in [1.29, 1.82) is 0 Å². The average molecular weight is 684 g/mol. The van der Waals surface area contributed by atoms with Gasteiger partial charge in [-0.1, -0.05) is 32.8 Å². The molecule has 2 bridgehead atoms. The molecule has 1 spiro atoms. The van der Waals surface area contributed by atoms with Crippen molar-refractivity contribution in [3.8, 4) is 11.5 Å². The second kappa shape index (κ2) is 12.2. The van der Waals surface area contributed by atoms with E-state index in [2.05, 4.69) is 41.2 Å². The SMILES string of the molecule is CCCCN=C(Nc1ccc2[nH]c3c(c2c1)C[C@@]1(O)[C@@H]2Cc4ccc(O)c5c4[C@@]1(CCN2CC1CC1)[C@H]3O5)N(CCCC)C(=O)OC(C)(C)C. The highest BCUT2D eigenvalue weighted by atomic mass is 16.6. The summed E-state index contributed by atoms with van der Waals surface area (Å²) in [6.07, 6.45) is 7.34. The van der Waals surface area contributed by atoms with E-state index in [-0.39, 0.29) is 11.8 Å². The zero-order chi connectivity index (χ0) is 35.0. The van der Waals surface area contributed by atoms with Crippen LogP contribution in [0.4, 0.5) is 10.5 Å². The molecule has 3 heterocycles. The summed E-state index contributed by atoms with van der Waals surface area (Å²) in [5.41, 5.74) is 3.67. The number of nitrogens with zero attached hydrogens (tertiary/aromatic N) is 3. The lowest BCUT2D eigenvalue weighted by Gasteiger charge is -2.62. The van der Waals surface area contributed by atoms with Gasteiger partial charge < -0.3 is 30.0 Å². The summed E-state index contributed by atoms with van der Waals surface area (Å²) in [7, 11) is 0. The van der Waals surface area contributed by atoms with Crippen molar-refractivity contribution in [2.24, 2.45) is 10.9 Å². The van der Waals surface area contributed by atoms with Gasteiger partial charge in [0.05, 0.1) is 16.7 Å². The van der Waals surface area contributed by atoms with Crippen LogP contribution < -0.4 is 10.1 Å². The van der Waals surface area contributed by atoms with Gasteiger partial charge in [-0.25, -0.2) is 9.69 Å². The van der Waals surface area contributed by atoms with Gasteiger partial charge in [0, 0.05) is 54.3 Å². The Morgan fingerprint density at radius 3 is 2.72 bits per heavy atom. The quantitative estimate of drug-likeness (QED) is 0.107. The first-order chi connectivity index (χ1) is 24.0. The number of hydrogen-bond donors (Lipinski definition) is 4. The monoisotopic (exact) mass is 683 g/mol. The molecular formula is C40H53N5O5. The molecule has 3 aliphatic carbocycles. The molecule has 8 rings (SSSR count). The number of benzene rings is 2. The zero-order valence-corrected chi connectivity index (χ0v) is 30.3. The Bertz CT molecular complexity index is 1840. The first kappa shape index (κ1) is 33.4. The number of fused-ring (bicyclic) bond motifs is 4. The van der Waals surface area contributed by atoms with Crippen LogP contribution in [0.25, 0.3) is 10.9 Å². The normalized spacial score (nSPS) is 26.7. The fourth-order valence-electron chi connectivity index (χ4n) is 9.28. The molecule has 50 heavy (non-hydrogen) atoms. The second-order valence-corrected chi connectivity index (χ2v) is 16.4. The Kier molecular flexibility index (Phi) is 8.14. The molecular weight excluding hydrogens is 630 g/mol. The number of aliphatic imine (C=N–C) groups is 1. The number of aromatic amines is 1. The molecule has 1 amide bonds. The summed E-state index contributed by atoms with van der Waals surface area (Å²) < 4.78 is 12.6. The van der Waals surface area contributed by atoms with Crippen molar-refractivity contribution >= 4 is 28.6 Å². The molecule has 1 saturated carbocycles. The Morgan fingerprint density at radius 2 is 1.98 bits per heavy atom. The minimum absolute atomic E-state index is 0.0383. The molecule has 4 atom stereocenters. The number of unbranched alkanes of at least 4 members (excludes halogenated alkanes) is 2. The summed E-state index contributed by atoms with van der Waals surface area (Å²) in [5, 5.41) is 28.9. The van der Waals surface area contributed by atoms with Crippen LogP contribution in [0, 0.1) is 5.92 Å². The van der Waals surface area contributed by atoms with E-state index in [1.165, 1.54) is 18.4 Å². The highest BCUT2D eigenvalue weighted by molar-refractivity contribution is 6.03. The van der Waals surface area contributed by atoms with E-state index in [9.17, 15) is 15.0 Å². The topological polar surface area (TPSA) is 123 Å². The number of carbonyl (C=O) groups is 1. The number of carbonyl (C=O) groups excluding carboxylic acids is 1. The molecule has 2 fully saturated rings. The van der Waals surface area contributed by atoms with Crippen LogP contribution in [0.5, 0.6) is 11.5 Å². The van der Waals surface area contributed by atoms with Gasteiger partial charge in [-0.2, -0.15) is 0 Å². The molecule has 0 unspecified atom stereocenters. The number of ether oxygens (including phenoxy) is 2. The average Bonchev–Trinajstić information content (AvgIpc) is 3.71. The number of aromatic hydroxyl groups is 1. The number of amides is 1. The zero-order valence-electron chi connectivity index (χ0n) is 30.3. The van der Waals surface area contributed by atoms with Gasteiger partial charge in [-0.15, -0.1) is 0 Å². The maximum absolute atomic E-state index is 13.5. The Hall–Kier alpha value is -3.76. The minimum Gasteiger partial charge on any atom is -0.504 e. The number of anilines is 1. The van der Waals surface area contributed by atoms with Gasteiger partial charge in [-0.3, -0.25) is 9.89 Å². The van der Waals surface area contributed by atoms with Crippen LogP contribution in [0.1, 0.15) is 108 Å². The molecule has 10 heteroatoms. The number of H-pyrrole nitrogens is 1. The second-order valence-electron chi connectivity index (χ2n) is 16.4. The van der Waals surface area contributed by atoms with E-state index < -0.39 is 28.8 Å². The number of aliphatic hydroxyl groups is 1. The van der Waals surface area contributed by atoms with E-state index >= 15 is 0 Å². The molecule has 2 aromatic carbocycles. The van der Waals surface area contributed by atoms with Crippen molar-refractivity contribution in [2.45, 2.75) is 121 Å². The molecule has 3 aromatic rings. The van der Waals surface area contributed by atoms with Gasteiger partial charge in [0.2, 0.25) is 5.96 Å². The number of phenols is 1. The van der Waals surface area contributed by atoms with E-state index in [4.69, 9.17) is 14.5 Å². The Labute approximate surface area is 295 Å². The first-order valence-corrected chi connectivity index (χ1v) is 18.9. The molecule has 1 aromatic heterocycles. The van der Waals surface area contributed by atoms with E-state index in [0.29, 0.717) is 37.1 Å². The lowest BCUT2D eigenvalue weighted by atomic mass is 9.49. The smallest absolute Gasteiger partial charge is 0.417 e. The fourth-order valence-corrected chi connectivity index (χ4v) is 9.28. The Morgan fingerprint density at radius 1 is 1.18 bits per heavy atom. The van der Waals surface area contributed by atoms with Gasteiger partial charge in [-0.05, 0) is 107 Å². The largest absolute Gasteiger partial charge is 0.504 e. The lowest BCUT2D eigenvalue weighted by Crippen LogP contribution is -2.74. The summed E-state index contributed by atoms with van der Waals surface area (Å²) >= 11 is 0. The molecule has 10 nitrogen and oxygen atoms in total. The van der Waals surface area contributed by atoms with Crippen LogP contribution >= 0.6 is 0 Å². The summed E-state index contributed by atoms with van der Waals surface area (Å²) in [6, 6.07) is 9.96. The van der Waals surface area contributed by atoms with Gasteiger partial charge in [0.1, 0.15) is 5.60 Å². The van der Waals surface area contributed by atoms with Gasteiger partial charge in [0.25, 0.3) is 0 Å². The number of guanidine groups is 1. The predicted molar refractivity (Wildman–Crippen MR) is 195 cm³/mol. The standard InChI is InChI=1S/C40H53N5O5/c1-6-8-17-41-36(45(18-9-7-2)37(47)50-38(3,4)5)42-26-13-14-29-27(21-26)28-22-40(48)31-20-25-12-15-30(46)34-32(25)39(40,35(49-34)33(28)43-29)16-19-44(31)23-24-10-11-24/h12-15,21,24,31,35,43,46,48H,6-11,16-20,22-23H2,1-5H3,(H,41,42)/t31-,35-,39-,40+/m0/s1. The number of nitrogens with one attached hydrogen (secondary N) is 2. The molecule has 268 valence electrons. The summed E-state index contributed by atoms with van der Waals surface area (Å²) in [4.78, 5) is 26.3. The fraction of sp³-hybridized carbons (Fsp3) is 0.600. The van der Waals surface area contributed by atoms with Crippen LogP contribution in [0.3, 0.4) is 0 Å². The third-order valence-corrected chi connectivity index (χ3v) is 11.8. The van der Waals surface area contributed by atoms with Crippen LogP contribution in [-0.4, -0.2) is 80.5 Å². The summed E-state index contributed by atoms with van der Waals surface area (Å²) in [5.74, 6) is 1.88. The molecule has 1 saturated heterocycles. The van der Waals surface area contributed by atoms with Crippen molar-refractivity contribution in [1.82, 2.24) is 14.8 Å². The van der Waals surface area contributed by atoms with Crippen LogP contribution in [0.15, 0.2) is 35.3 Å². The van der Waals surface area contributed by atoms with E-state index in [1.807, 2.05) is 32.9 Å². The number of likely N-dealkylation sites (tertiary alicyclic amines) is 1. The van der Waals surface area contributed by atoms with Crippen LogP contribution in [0.2, 0.25) is 0 Å². The molecule has 2 aliphatic heterocycles. The van der Waals surface area contributed by atoms with Crippen molar-refractivity contribution in [3.05, 3.63) is 52.7 Å². The third-order valence-electron chi connectivity index (χ3n) is 11.8. The van der Waals surface area contributed by atoms with Gasteiger partial charge in [0.15, 0.2) is 17.6 Å². The van der Waals surface area contributed by atoms with Gasteiger partial charge >= 0.3 is 6.09 Å². The minimum atomic E-state index is -1.07. The maximum atomic E-state index is 13.5. The number of phenolic OH excluding ortho intramolecular Hbond substituents is 1. The summed E-state index contributed by atoms with van der Waals surface area (Å²) in [6.45, 7) is 12.9. The lowest BCUT2D eigenvalue weighted by molar-refractivity contribution is -0.173. The Balaban J connectivity index is 1.19. The maximum Gasteiger partial charge on any atom is 0.417 e. The highest BCUT2D eigenvalue weighted by Crippen LogP contribution is 2.69. The number of rotatable bonds is 9. The third kappa shape index (κ3) is 5.27. The highest BCUT2D eigenvalue weighted by Gasteiger charge is 2.72. The molecule has 0 radical (unpaired) electrons. The number of piperidine rings is 1. The van der Waals surface area contributed by atoms with Crippen molar-refractivity contribution in [3.63, 3.8) is 0 Å². The predicted octanol–water partition coefficient (Wildman–Crippen LogP) is 7.18. The number of hydrogen-bond acceptors (Lipinski definition) is 7. The van der Waals surface area contributed by atoms with E-state index in [1.54, 1.807) is 11.0 Å².